The van der Waals surface area contributed by atoms with Crippen molar-refractivity contribution in [3.05, 3.63) is 70.2 Å². The molecule has 0 saturated heterocycles. The first-order chi connectivity index (χ1) is 11.2. The van der Waals surface area contributed by atoms with Crippen LogP contribution in [0, 0.1) is 0 Å². The van der Waals surface area contributed by atoms with Gasteiger partial charge >= 0.3 is 0 Å². The topological polar surface area (TPSA) is 38.3 Å². The van der Waals surface area contributed by atoms with Crippen molar-refractivity contribution < 1.29 is 9.53 Å². The minimum Gasteiger partial charge on any atom is -0.375 e. The quantitative estimate of drug-likeness (QED) is 0.816. The Hall–Kier alpha value is -1.84. The van der Waals surface area contributed by atoms with Gasteiger partial charge in [0, 0.05) is 29.8 Å². The van der Waals surface area contributed by atoms with Crippen LogP contribution in [0.15, 0.2) is 48.5 Å². The summed E-state index contributed by atoms with van der Waals surface area (Å²) >= 11 is 6.18. The average molecular weight is 332 g/mol. The van der Waals surface area contributed by atoms with Gasteiger partial charge in [0.05, 0.1) is 0 Å². The van der Waals surface area contributed by atoms with Crippen LogP contribution < -0.4 is 5.32 Å². The second-order valence-corrected chi connectivity index (χ2v) is 5.81. The van der Waals surface area contributed by atoms with Gasteiger partial charge in [-0.1, -0.05) is 55.3 Å². The van der Waals surface area contributed by atoms with Crippen LogP contribution in [0.1, 0.15) is 40.9 Å². The van der Waals surface area contributed by atoms with Crippen LogP contribution in [0.3, 0.4) is 0 Å². The van der Waals surface area contributed by atoms with E-state index in [0.717, 1.165) is 18.4 Å². The summed E-state index contributed by atoms with van der Waals surface area (Å²) in [4.78, 5) is 12.3. The minimum absolute atomic E-state index is 0.109. The van der Waals surface area contributed by atoms with Gasteiger partial charge in [-0.2, -0.15) is 0 Å². The highest BCUT2D eigenvalue weighted by molar-refractivity contribution is 6.31. The van der Waals surface area contributed by atoms with E-state index in [9.17, 15) is 4.79 Å². The van der Waals surface area contributed by atoms with Crippen molar-refractivity contribution in [2.45, 2.75) is 25.9 Å². The lowest BCUT2D eigenvalue weighted by atomic mass is 10.1. The standard InChI is InChI=1S/C19H22ClNO2/c1-3-6-14-9-11-15(12-10-14)19(22)21-13-18(23-2)16-7-4-5-8-17(16)20/h4-5,7-12,18H,3,6,13H2,1-2H3,(H,21,22). The number of hydrogen-bond acceptors (Lipinski definition) is 2. The SMILES string of the molecule is CCCc1ccc(C(=O)NCC(OC)c2ccccc2Cl)cc1. The first-order valence-electron chi connectivity index (χ1n) is 7.80. The summed E-state index contributed by atoms with van der Waals surface area (Å²) in [5.74, 6) is -0.109. The van der Waals surface area contributed by atoms with Crippen molar-refractivity contribution in [3.63, 3.8) is 0 Å². The van der Waals surface area contributed by atoms with Crippen LogP contribution in [-0.4, -0.2) is 19.6 Å². The number of carbonyl (C=O) groups is 1. The Morgan fingerprint density at radius 3 is 2.48 bits per heavy atom. The fourth-order valence-electron chi connectivity index (χ4n) is 2.46. The Morgan fingerprint density at radius 1 is 1.17 bits per heavy atom. The number of aryl methyl sites for hydroxylation is 1. The maximum atomic E-state index is 12.3. The summed E-state index contributed by atoms with van der Waals surface area (Å²) in [7, 11) is 1.61. The van der Waals surface area contributed by atoms with Gasteiger partial charge < -0.3 is 10.1 Å². The lowest BCUT2D eigenvalue weighted by Gasteiger charge is -2.17. The number of halogens is 1. The fraction of sp³-hybridized carbons (Fsp3) is 0.316. The number of amides is 1. The average Bonchev–Trinajstić information content (AvgIpc) is 2.57. The third-order valence-corrected chi connectivity index (χ3v) is 4.08. The van der Waals surface area contributed by atoms with Gasteiger partial charge in [-0.25, -0.2) is 0 Å². The molecule has 0 heterocycles. The predicted octanol–water partition coefficient (Wildman–Crippen LogP) is 4.41. The molecule has 2 rings (SSSR count). The zero-order valence-electron chi connectivity index (χ0n) is 13.5. The van der Waals surface area contributed by atoms with E-state index in [0.29, 0.717) is 17.1 Å². The zero-order valence-corrected chi connectivity index (χ0v) is 14.3. The van der Waals surface area contributed by atoms with E-state index < -0.39 is 0 Å². The lowest BCUT2D eigenvalue weighted by Crippen LogP contribution is -2.29. The first-order valence-corrected chi connectivity index (χ1v) is 8.17. The van der Waals surface area contributed by atoms with Gasteiger partial charge in [0.2, 0.25) is 0 Å². The number of carbonyl (C=O) groups excluding carboxylic acids is 1. The first kappa shape index (κ1) is 17.5. The van der Waals surface area contributed by atoms with E-state index >= 15 is 0 Å². The number of nitrogens with one attached hydrogen (secondary N) is 1. The van der Waals surface area contributed by atoms with E-state index in [1.807, 2.05) is 48.5 Å². The van der Waals surface area contributed by atoms with Crippen molar-refractivity contribution in [1.29, 1.82) is 0 Å². The number of rotatable bonds is 7. The molecule has 0 spiro atoms. The van der Waals surface area contributed by atoms with Gasteiger partial charge in [0.25, 0.3) is 5.91 Å². The molecule has 122 valence electrons. The molecule has 0 aliphatic heterocycles. The summed E-state index contributed by atoms with van der Waals surface area (Å²) in [5.41, 5.74) is 2.77. The molecule has 0 fully saturated rings. The third-order valence-electron chi connectivity index (χ3n) is 3.74. The molecule has 0 aliphatic carbocycles. The highest BCUT2D eigenvalue weighted by Gasteiger charge is 2.15. The number of hydrogen-bond donors (Lipinski definition) is 1. The number of benzene rings is 2. The molecule has 1 unspecified atom stereocenters. The number of methoxy groups -OCH3 is 1. The molecule has 2 aromatic rings. The molecule has 0 saturated carbocycles. The third kappa shape index (κ3) is 4.81. The van der Waals surface area contributed by atoms with Crippen molar-refractivity contribution in [3.8, 4) is 0 Å². The minimum atomic E-state index is -0.271. The van der Waals surface area contributed by atoms with E-state index in [4.69, 9.17) is 16.3 Å². The second kappa shape index (κ2) is 8.70. The molecule has 4 heteroatoms. The maximum Gasteiger partial charge on any atom is 0.251 e. The maximum absolute atomic E-state index is 12.3. The molecule has 1 amide bonds. The molecule has 23 heavy (non-hydrogen) atoms. The second-order valence-electron chi connectivity index (χ2n) is 5.40. The lowest BCUT2D eigenvalue weighted by molar-refractivity contribution is 0.0828. The van der Waals surface area contributed by atoms with Crippen LogP contribution in [0.4, 0.5) is 0 Å². The van der Waals surface area contributed by atoms with Gasteiger partial charge in [-0.3, -0.25) is 4.79 Å². The molecule has 0 aliphatic rings. The van der Waals surface area contributed by atoms with Gasteiger partial charge in [0.15, 0.2) is 0 Å². The Morgan fingerprint density at radius 2 is 1.87 bits per heavy atom. The predicted molar refractivity (Wildman–Crippen MR) is 94.0 cm³/mol. The van der Waals surface area contributed by atoms with E-state index in [1.165, 1.54) is 5.56 Å². The van der Waals surface area contributed by atoms with Crippen LogP contribution in [-0.2, 0) is 11.2 Å². The van der Waals surface area contributed by atoms with Gasteiger partial charge in [-0.05, 0) is 30.2 Å². The summed E-state index contributed by atoms with van der Waals surface area (Å²) in [6.45, 7) is 2.51. The summed E-state index contributed by atoms with van der Waals surface area (Å²) < 4.78 is 5.46. The Kier molecular flexibility index (Phi) is 6.63. The normalized spacial score (nSPS) is 12.0. The highest BCUT2D eigenvalue weighted by Crippen LogP contribution is 2.24. The van der Waals surface area contributed by atoms with E-state index in [2.05, 4.69) is 12.2 Å². The number of ether oxygens (including phenoxy) is 1. The molecule has 2 aromatic carbocycles. The highest BCUT2D eigenvalue weighted by atomic mass is 35.5. The summed E-state index contributed by atoms with van der Waals surface area (Å²) in [6.07, 6.45) is 1.85. The van der Waals surface area contributed by atoms with E-state index in [-0.39, 0.29) is 12.0 Å². The summed E-state index contributed by atoms with van der Waals surface area (Å²) in [5, 5.41) is 3.54. The fourth-order valence-corrected chi connectivity index (χ4v) is 2.71. The van der Waals surface area contributed by atoms with Crippen molar-refractivity contribution in [2.75, 3.05) is 13.7 Å². The smallest absolute Gasteiger partial charge is 0.251 e. The van der Waals surface area contributed by atoms with Crippen LogP contribution in [0.25, 0.3) is 0 Å². The zero-order chi connectivity index (χ0) is 16.7. The van der Waals surface area contributed by atoms with Crippen LogP contribution in [0.5, 0.6) is 0 Å². The van der Waals surface area contributed by atoms with Gasteiger partial charge in [0.1, 0.15) is 6.10 Å². The molecule has 1 atom stereocenters. The molecular formula is C19H22ClNO2. The van der Waals surface area contributed by atoms with Gasteiger partial charge in [-0.15, -0.1) is 0 Å². The van der Waals surface area contributed by atoms with Crippen molar-refractivity contribution in [1.82, 2.24) is 5.32 Å². The summed E-state index contributed by atoms with van der Waals surface area (Å²) in [6, 6.07) is 15.2. The Labute approximate surface area is 142 Å². The molecule has 0 bridgehead atoms. The van der Waals surface area contributed by atoms with Crippen LogP contribution in [0.2, 0.25) is 5.02 Å². The Balaban J connectivity index is 1.98. The molecule has 1 N–H and O–H groups in total. The van der Waals surface area contributed by atoms with Crippen molar-refractivity contribution >= 4 is 17.5 Å². The van der Waals surface area contributed by atoms with E-state index in [1.54, 1.807) is 7.11 Å². The van der Waals surface area contributed by atoms with Crippen molar-refractivity contribution in [2.24, 2.45) is 0 Å². The monoisotopic (exact) mass is 331 g/mol. The molecule has 3 nitrogen and oxygen atoms in total. The molecular weight excluding hydrogens is 310 g/mol. The molecule has 0 aromatic heterocycles. The largest absolute Gasteiger partial charge is 0.375 e. The van der Waals surface area contributed by atoms with Crippen LogP contribution >= 0.6 is 11.6 Å². The Bertz CT molecular complexity index is 640. The molecule has 0 radical (unpaired) electrons.